The minimum atomic E-state index is -0.374. The normalized spacial score (nSPS) is 14.1. The minimum absolute atomic E-state index is 0.272. The van der Waals surface area contributed by atoms with Gasteiger partial charge in [0, 0.05) is 22.9 Å². The molecule has 0 saturated heterocycles. The number of nitrogens with two attached hydrogens (primary N) is 1. The summed E-state index contributed by atoms with van der Waals surface area (Å²) in [5.41, 5.74) is 9.85. The van der Waals surface area contributed by atoms with E-state index in [0.29, 0.717) is 10.5 Å². The summed E-state index contributed by atoms with van der Waals surface area (Å²) in [5.74, 6) is 0.272. The molecule has 27 heavy (non-hydrogen) atoms. The quantitative estimate of drug-likeness (QED) is 0.583. The third-order valence-electron chi connectivity index (χ3n) is 4.37. The monoisotopic (exact) mass is 371 g/mol. The lowest BCUT2D eigenvalue weighted by Crippen LogP contribution is -2.16. The third kappa shape index (κ3) is 2.56. The van der Waals surface area contributed by atoms with E-state index in [1.807, 2.05) is 54.6 Å². The molecule has 5 rings (SSSR count). The molecule has 0 unspecified atom stereocenters. The summed E-state index contributed by atoms with van der Waals surface area (Å²) in [6.45, 7) is 0. The first kappa shape index (κ1) is 15.7. The molecule has 0 radical (unpaired) electrons. The predicted molar refractivity (Wildman–Crippen MR) is 109 cm³/mol. The van der Waals surface area contributed by atoms with Crippen LogP contribution in [0.4, 0.5) is 11.5 Å². The van der Waals surface area contributed by atoms with E-state index < -0.39 is 0 Å². The fraction of sp³-hybridized carbons (Fsp3) is 0. The standard InChI is InChI=1S/C20H13N5OS/c21-17-15(10-13-11-22-16-9-5-4-8-14(13)16)18(26)23-20-25(17)24-19(27-20)12-6-2-1-3-7-12/h1-11H,21H2/b13-10+. The number of hydrogen-bond donors (Lipinski definition) is 1. The van der Waals surface area contributed by atoms with Crippen LogP contribution < -0.4 is 11.3 Å². The maximum absolute atomic E-state index is 12.6. The SMILES string of the molecule is Nc1c(/C=C2\C=Nc3ccccc32)c(=O)nc2sc(-c3ccccc3)nn12. The van der Waals surface area contributed by atoms with Crippen molar-refractivity contribution in [3.63, 3.8) is 0 Å². The molecule has 1 aliphatic heterocycles. The summed E-state index contributed by atoms with van der Waals surface area (Å²) in [5, 5.41) is 5.31. The highest BCUT2D eigenvalue weighted by molar-refractivity contribution is 7.19. The molecule has 0 atom stereocenters. The fourth-order valence-corrected chi connectivity index (χ4v) is 3.93. The van der Waals surface area contributed by atoms with E-state index in [1.54, 1.807) is 12.3 Å². The number of nitrogen functional groups attached to an aromatic ring is 1. The van der Waals surface area contributed by atoms with Crippen molar-refractivity contribution in [1.29, 1.82) is 0 Å². The maximum atomic E-state index is 12.6. The molecular formula is C20H13N5OS. The Bertz CT molecular complexity index is 1300. The zero-order valence-corrected chi connectivity index (χ0v) is 14.9. The van der Waals surface area contributed by atoms with Gasteiger partial charge >= 0.3 is 0 Å². The number of hydrogen-bond acceptors (Lipinski definition) is 6. The predicted octanol–water partition coefficient (Wildman–Crippen LogP) is 3.66. The van der Waals surface area contributed by atoms with E-state index in [9.17, 15) is 4.79 Å². The van der Waals surface area contributed by atoms with Crippen LogP contribution in [0.2, 0.25) is 0 Å². The smallest absolute Gasteiger partial charge is 0.283 e. The van der Waals surface area contributed by atoms with Gasteiger partial charge in [-0.3, -0.25) is 9.79 Å². The molecule has 2 N–H and O–H groups in total. The largest absolute Gasteiger partial charge is 0.383 e. The molecule has 3 heterocycles. The van der Waals surface area contributed by atoms with Crippen LogP contribution in [0.1, 0.15) is 11.1 Å². The van der Waals surface area contributed by atoms with Crippen molar-refractivity contribution in [3.8, 4) is 10.6 Å². The van der Waals surface area contributed by atoms with Gasteiger partial charge in [0.2, 0.25) is 4.96 Å². The molecule has 0 bridgehead atoms. The second-order valence-corrected chi connectivity index (χ2v) is 7.01. The fourth-order valence-electron chi connectivity index (χ4n) is 3.02. The van der Waals surface area contributed by atoms with E-state index in [1.165, 1.54) is 15.9 Å². The molecule has 6 nitrogen and oxygen atoms in total. The van der Waals surface area contributed by atoms with Crippen LogP contribution in [0.25, 0.3) is 27.2 Å². The molecule has 0 fully saturated rings. The molecule has 2 aromatic carbocycles. The average molecular weight is 371 g/mol. The lowest BCUT2D eigenvalue weighted by molar-refractivity contribution is 0.944. The zero-order valence-electron chi connectivity index (χ0n) is 14.0. The summed E-state index contributed by atoms with van der Waals surface area (Å²) in [6, 6.07) is 17.5. The van der Waals surface area contributed by atoms with Gasteiger partial charge in [-0.1, -0.05) is 59.9 Å². The number of benzene rings is 2. The number of para-hydroxylation sites is 1. The summed E-state index contributed by atoms with van der Waals surface area (Å²) in [7, 11) is 0. The molecule has 130 valence electrons. The van der Waals surface area contributed by atoms with Crippen LogP contribution in [0, 0.1) is 0 Å². The summed E-state index contributed by atoms with van der Waals surface area (Å²) < 4.78 is 1.53. The molecule has 4 aromatic rings. The van der Waals surface area contributed by atoms with Gasteiger partial charge in [0.1, 0.15) is 10.8 Å². The van der Waals surface area contributed by atoms with Crippen molar-refractivity contribution in [1.82, 2.24) is 14.6 Å². The van der Waals surface area contributed by atoms with Crippen LogP contribution in [0.15, 0.2) is 64.4 Å². The second kappa shape index (κ2) is 6.00. The summed E-state index contributed by atoms with van der Waals surface area (Å²) in [4.78, 5) is 21.6. The lowest BCUT2D eigenvalue weighted by atomic mass is 10.1. The maximum Gasteiger partial charge on any atom is 0.283 e. The van der Waals surface area contributed by atoms with Gasteiger partial charge in [0.15, 0.2) is 0 Å². The van der Waals surface area contributed by atoms with Crippen molar-refractivity contribution in [2.75, 3.05) is 5.73 Å². The number of rotatable bonds is 2. The molecule has 0 saturated carbocycles. The van der Waals surface area contributed by atoms with E-state index in [2.05, 4.69) is 15.1 Å². The first-order valence-corrected chi connectivity index (χ1v) is 9.12. The number of allylic oxidation sites excluding steroid dienone is 1. The number of fused-ring (bicyclic) bond motifs is 2. The molecule has 0 aliphatic carbocycles. The van der Waals surface area contributed by atoms with Gasteiger partial charge in [-0.25, -0.2) is 0 Å². The molecule has 2 aromatic heterocycles. The Morgan fingerprint density at radius 2 is 1.81 bits per heavy atom. The molecule has 0 spiro atoms. The Labute approximate surface area is 158 Å². The van der Waals surface area contributed by atoms with Crippen molar-refractivity contribution in [2.45, 2.75) is 0 Å². The van der Waals surface area contributed by atoms with Crippen molar-refractivity contribution in [3.05, 3.63) is 76.1 Å². The second-order valence-electron chi connectivity index (χ2n) is 6.06. The van der Waals surface area contributed by atoms with Gasteiger partial charge in [0.25, 0.3) is 5.56 Å². The van der Waals surface area contributed by atoms with Crippen LogP contribution >= 0.6 is 11.3 Å². The summed E-state index contributed by atoms with van der Waals surface area (Å²) >= 11 is 1.33. The number of nitrogens with zero attached hydrogens (tertiary/aromatic N) is 4. The highest BCUT2D eigenvalue weighted by Crippen LogP contribution is 2.33. The Morgan fingerprint density at radius 3 is 2.67 bits per heavy atom. The highest BCUT2D eigenvalue weighted by Gasteiger charge is 2.17. The van der Waals surface area contributed by atoms with Gasteiger partial charge in [-0.2, -0.15) is 14.6 Å². The van der Waals surface area contributed by atoms with Gasteiger partial charge in [-0.05, 0) is 12.1 Å². The minimum Gasteiger partial charge on any atom is -0.383 e. The lowest BCUT2D eigenvalue weighted by Gasteiger charge is -2.03. The number of aliphatic imine (C=N–C) groups is 1. The van der Waals surface area contributed by atoms with E-state index in [4.69, 9.17) is 5.73 Å². The van der Waals surface area contributed by atoms with Crippen molar-refractivity contribution >= 4 is 45.7 Å². The Kier molecular flexibility index (Phi) is 3.48. The van der Waals surface area contributed by atoms with E-state index in [0.717, 1.165) is 27.4 Å². The van der Waals surface area contributed by atoms with Gasteiger partial charge in [0.05, 0.1) is 11.3 Å². The van der Waals surface area contributed by atoms with Gasteiger partial charge < -0.3 is 5.73 Å². The van der Waals surface area contributed by atoms with Crippen LogP contribution in [0.3, 0.4) is 0 Å². The average Bonchev–Trinajstić information content (AvgIpc) is 3.30. The van der Waals surface area contributed by atoms with Gasteiger partial charge in [-0.15, -0.1) is 0 Å². The van der Waals surface area contributed by atoms with Crippen molar-refractivity contribution in [2.24, 2.45) is 4.99 Å². The van der Waals surface area contributed by atoms with E-state index in [-0.39, 0.29) is 11.4 Å². The molecule has 0 amide bonds. The Hall–Kier alpha value is -3.58. The Balaban J connectivity index is 1.67. The van der Waals surface area contributed by atoms with Crippen LogP contribution in [-0.4, -0.2) is 20.8 Å². The Morgan fingerprint density at radius 1 is 1.04 bits per heavy atom. The topological polar surface area (TPSA) is 85.6 Å². The first-order valence-electron chi connectivity index (χ1n) is 8.30. The van der Waals surface area contributed by atoms with Crippen LogP contribution in [0.5, 0.6) is 0 Å². The highest BCUT2D eigenvalue weighted by atomic mass is 32.1. The summed E-state index contributed by atoms with van der Waals surface area (Å²) in [6.07, 6.45) is 3.46. The third-order valence-corrected chi connectivity index (χ3v) is 5.33. The van der Waals surface area contributed by atoms with E-state index >= 15 is 0 Å². The van der Waals surface area contributed by atoms with Crippen molar-refractivity contribution < 1.29 is 0 Å². The number of aromatic nitrogens is 3. The molecule has 1 aliphatic rings. The molecule has 7 heteroatoms. The zero-order chi connectivity index (χ0) is 18.4. The molecular weight excluding hydrogens is 358 g/mol. The van der Waals surface area contributed by atoms with Crippen LogP contribution in [-0.2, 0) is 0 Å². The number of anilines is 1. The first-order chi connectivity index (χ1) is 13.2.